The molecule has 0 N–H and O–H groups in total. The second-order valence-corrected chi connectivity index (χ2v) is 4.54. The van der Waals surface area contributed by atoms with Crippen molar-refractivity contribution >= 4 is 33.3 Å². The van der Waals surface area contributed by atoms with Crippen LogP contribution in [0.4, 0.5) is 0 Å². The Hall–Kier alpha value is -0.850. The Labute approximate surface area is 102 Å². The van der Waals surface area contributed by atoms with Gasteiger partial charge in [0.25, 0.3) is 0 Å². The Balaban J connectivity index is 2.97. The molecule has 0 bridgehead atoms. The summed E-state index contributed by atoms with van der Waals surface area (Å²) in [4.78, 5) is 11.8. The maximum Gasteiger partial charge on any atom is 0.167 e. The maximum atomic E-state index is 11.8. The molecule has 4 heteroatoms. The summed E-state index contributed by atoms with van der Waals surface area (Å²) in [5, 5.41) is 9.09. The molecule has 0 heterocycles. The molecule has 1 aromatic carbocycles. The largest absolute Gasteiger partial charge is 0.294 e. The molecule has 0 saturated carbocycles. The van der Waals surface area contributed by atoms with Gasteiger partial charge in [-0.25, -0.2) is 0 Å². The molecule has 0 saturated heterocycles. The molecular weight excluding hydrogens is 277 g/mol. The molecule has 15 heavy (non-hydrogen) atoms. The quantitative estimate of drug-likeness (QED) is 0.792. The van der Waals surface area contributed by atoms with Gasteiger partial charge in [0.2, 0.25) is 0 Å². The molecule has 0 radical (unpaired) electrons. The minimum Gasteiger partial charge on any atom is -0.294 e. The van der Waals surface area contributed by atoms with Gasteiger partial charge in [-0.2, -0.15) is 5.26 Å². The molecule has 2 nitrogen and oxygen atoms in total. The molecule has 0 fully saturated rings. The van der Waals surface area contributed by atoms with Crippen molar-refractivity contribution in [3.05, 3.63) is 33.3 Å². The lowest BCUT2D eigenvalue weighted by atomic mass is 9.97. The predicted molar refractivity (Wildman–Crippen MR) is 62.9 cm³/mol. The summed E-state index contributed by atoms with van der Waals surface area (Å²) in [6.45, 7) is 1.74. The monoisotopic (exact) mass is 285 g/mol. The first kappa shape index (κ1) is 12.2. The third-order valence-electron chi connectivity index (χ3n) is 2.04. The number of nitriles is 1. The van der Waals surface area contributed by atoms with Crippen LogP contribution in [0, 0.1) is 17.2 Å². The number of carbonyl (C=O) groups is 1. The number of hydrogen-bond donors (Lipinski definition) is 0. The molecule has 0 spiro atoms. The second kappa shape index (κ2) is 5.29. The Morgan fingerprint density at radius 2 is 2.33 bits per heavy atom. The van der Waals surface area contributed by atoms with Crippen molar-refractivity contribution in [1.82, 2.24) is 0 Å². The van der Waals surface area contributed by atoms with Crippen LogP contribution in [-0.4, -0.2) is 5.78 Å². The van der Waals surface area contributed by atoms with E-state index in [4.69, 9.17) is 16.9 Å². The summed E-state index contributed by atoms with van der Waals surface area (Å²) < 4.78 is 0.671. The first-order valence-corrected chi connectivity index (χ1v) is 5.59. The van der Waals surface area contributed by atoms with Crippen LogP contribution in [-0.2, 0) is 0 Å². The van der Waals surface area contributed by atoms with E-state index in [2.05, 4.69) is 15.9 Å². The summed E-state index contributed by atoms with van der Waals surface area (Å²) in [7, 11) is 0. The van der Waals surface area contributed by atoms with E-state index in [1.165, 1.54) is 0 Å². The van der Waals surface area contributed by atoms with Gasteiger partial charge in [0.05, 0.1) is 6.07 Å². The second-order valence-electron chi connectivity index (χ2n) is 3.25. The smallest absolute Gasteiger partial charge is 0.167 e. The number of hydrogen-bond acceptors (Lipinski definition) is 2. The van der Waals surface area contributed by atoms with Crippen LogP contribution in [0.2, 0.25) is 5.02 Å². The fraction of sp³-hybridized carbons (Fsp3) is 0.273. The zero-order chi connectivity index (χ0) is 11.4. The molecule has 0 amide bonds. The number of ketones is 1. The number of halogens is 2. The lowest BCUT2D eigenvalue weighted by molar-refractivity contribution is 0.0931. The first-order chi connectivity index (χ1) is 7.06. The van der Waals surface area contributed by atoms with Crippen molar-refractivity contribution in [2.75, 3.05) is 0 Å². The molecule has 0 aliphatic rings. The summed E-state index contributed by atoms with van der Waals surface area (Å²) in [5.74, 6) is -0.326. The molecular formula is C11H9BrClNO. The van der Waals surface area contributed by atoms with Crippen molar-refractivity contribution in [2.24, 2.45) is 5.92 Å². The summed E-state index contributed by atoms with van der Waals surface area (Å²) in [6.07, 6.45) is 0.230. The van der Waals surface area contributed by atoms with Crippen molar-refractivity contribution in [1.29, 1.82) is 5.26 Å². The number of benzene rings is 1. The molecule has 78 valence electrons. The van der Waals surface area contributed by atoms with Gasteiger partial charge in [-0.1, -0.05) is 18.5 Å². The Bertz CT molecular complexity index is 425. The van der Waals surface area contributed by atoms with Crippen molar-refractivity contribution in [2.45, 2.75) is 13.3 Å². The molecule has 0 aliphatic heterocycles. The van der Waals surface area contributed by atoms with Gasteiger partial charge >= 0.3 is 0 Å². The maximum absolute atomic E-state index is 11.8. The van der Waals surface area contributed by atoms with Crippen LogP contribution in [0.25, 0.3) is 0 Å². The SMILES string of the molecule is CC(CC#N)C(=O)c1ccc(Cl)cc1Br. The number of carbonyl (C=O) groups excluding carboxylic acids is 1. The van der Waals surface area contributed by atoms with Gasteiger partial charge in [-0.05, 0) is 34.1 Å². The number of nitrogens with zero attached hydrogens (tertiary/aromatic N) is 1. The Morgan fingerprint density at radius 3 is 2.87 bits per heavy atom. The van der Waals surface area contributed by atoms with Crippen LogP contribution in [0.3, 0.4) is 0 Å². The summed E-state index contributed by atoms with van der Waals surface area (Å²) >= 11 is 9.05. The fourth-order valence-corrected chi connectivity index (χ4v) is 2.06. The zero-order valence-corrected chi connectivity index (χ0v) is 10.5. The van der Waals surface area contributed by atoms with Crippen LogP contribution in [0.1, 0.15) is 23.7 Å². The van der Waals surface area contributed by atoms with E-state index in [0.29, 0.717) is 15.1 Å². The molecule has 1 aromatic rings. The predicted octanol–water partition coefficient (Wildman–Crippen LogP) is 3.83. The zero-order valence-electron chi connectivity index (χ0n) is 8.13. The molecule has 0 aromatic heterocycles. The van der Waals surface area contributed by atoms with Gasteiger partial charge in [-0.15, -0.1) is 0 Å². The van der Waals surface area contributed by atoms with E-state index in [0.717, 1.165) is 0 Å². The average Bonchev–Trinajstić information content (AvgIpc) is 2.17. The lowest BCUT2D eigenvalue weighted by Gasteiger charge is -2.08. The minimum atomic E-state index is -0.285. The van der Waals surface area contributed by atoms with Crippen molar-refractivity contribution < 1.29 is 4.79 Å². The van der Waals surface area contributed by atoms with E-state index < -0.39 is 0 Å². The van der Waals surface area contributed by atoms with Crippen LogP contribution >= 0.6 is 27.5 Å². The third kappa shape index (κ3) is 3.05. The van der Waals surface area contributed by atoms with Crippen LogP contribution in [0.15, 0.2) is 22.7 Å². The Morgan fingerprint density at radius 1 is 1.67 bits per heavy atom. The topological polar surface area (TPSA) is 40.9 Å². The summed E-state index contributed by atoms with van der Waals surface area (Å²) in [5.41, 5.74) is 0.571. The highest BCUT2D eigenvalue weighted by Crippen LogP contribution is 2.24. The van der Waals surface area contributed by atoms with Crippen LogP contribution in [0.5, 0.6) is 0 Å². The Kier molecular flexibility index (Phi) is 4.31. The minimum absolute atomic E-state index is 0.0416. The van der Waals surface area contributed by atoms with Gasteiger partial charge in [0, 0.05) is 27.4 Å². The van der Waals surface area contributed by atoms with Crippen molar-refractivity contribution in [3.8, 4) is 6.07 Å². The lowest BCUT2D eigenvalue weighted by Crippen LogP contribution is -2.11. The highest BCUT2D eigenvalue weighted by Gasteiger charge is 2.17. The van der Waals surface area contributed by atoms with E-state index in [1.807, 2.05) is 6.07 Å². The first-order valence-electron chi connectivity index (χ1n) is 4.42. The normalized spacial score (nSPS) is 11.9. The van der Waals surface area contributed by atoms with E-state index in [1.54, 1.807) is 25.1 Å². The molecule has 1 atom stereocenters. The van der Waals surface area contributed by atoms with Crippen LogP contribution < -0.4 is 0 Å². The molecule has 1 rings (SSSR count). The highest BCUT2D eigenvalue weighted by atomic mass is 79.9. The standard InChI is InChI=1S/C11H9BrClNO/c1-7(4-5-14)11(15)9-3-2-8(13)6-10(9)12/h2-3,6-7H,4H2,1H3. The van der Waals surface area contributed by atoms with Crippen molar-refractivity contribution in [3.63, 3.8) is 0 Å². The fourth-order valence-electron chi connectivity index (χ4n) is 1.18. The summed E-state index contributed by atoms with van der Waals surface area (Å²) in [6, 6.07) is 7.00. The third-order valence-corrected chi connectivity index (χ3v) is 2.93. The van der Waals surface area contributed by atoms with Gasteiger partial charge in [0.15, 0.2) is 5.78 Å². The number of rotatable bonds is 3. The van der Waals surface area contributed by atoms with E-state index in [9.17, 15) is 4.79 Å². The van der Waals surface area contributed by atoms with E-state index in [-0.39, 0.29) is 18.1 Å². The molecule has 0 aliphatic carbocycles. The number of Topliss-reactive ketones (excluding diaryl/α,β-unsaturated/α-hetero) is 1. The van der Waals surface area contributed by atoms with E-state index >= 15 is 0 Å². The van der Waals surface area contributed by atoms with Gasteiger partial charge < -0.3 is 0 Å². The average molecular weight is 287 g/mol. The van der Waals surface area contributed by atoms with Gasteiger partial charge in [0.1, 0.15) is 0 Å². The van der Waals surface area contributed by atoms with Gasteiger partial charge in [-0.3, -0.25) is 4.79 Å². The molecule has 1 unspecified atom stereocenters. The highest BCUT2D eigenvalue weighted by molar-refractivity contribution is 9.10.